The number of carbonyl (C=O) groups is 2. The fourth-order valence-electron chi connectivity index (χ4n) is 5.92. The number of urea groups is 1. The van der Waals surface area contributed by atoms with Crippen LogP contribution < -0.4 is 25.4 Å². The zero-order valence-corrected chi connectivity index (χ0v) is 27.1. The molecule has 4 aromatic carbocycles. The van der Waals surface area contributed by atoms with Crippen LogP contribution in [-0.2, 0) is 6.54 Å². The minimum atomic E-state index is -0.268. The van der Waals surface area contributed by atoms with Gasteiger partial charge in [0.15, 0.2) is 11.5 Å². The summed E-state index contributed by atoms with van der Waals surface area (Å²) in [5.41, 5.74) is 5.27. The van der Waals surface area contributed by atoms with Crippen LogP contribution in [0.2, 0.25) is 0 Å². The number of hydrogen-bond acceptors (Lipinski definition) is 5. The minimum absolute atomic E-state index is 0.0392. The number of anilines is 2. The molecule has 1 saturated heterocycles. The number of rotatable bonds is 10. The number of likely N-dealkylation sites (tertiary alicyclic amines) is 1. The van der Waals surface area contributed by atoms with Crippen LogP contribution in [0.25, 0.3) is 16.6 Å². The van der Waals surface area contributed by atoms with E-state index in [0.717, 1.165) is 30.8 Å². The molecule has 1 fully saturated rings. The largest absolute Gasteiger partial charge is 0.493 e. The minimum Gasteiger partial charge on any atom is -0.493 e. The van der Waals surface area contributed by atoms with Gasteiger partial charge >= 0.3 is 6.03 Å². The standard InChI is InChI=1S/C38H41N5O4/c1-26(2)39-38(45)41-29-13-18-32(19-14-29)47-35-20-15-30(23-36(35)46-3)40-37(44)27-11-16-31(17-12-27)43-25-28(24-42-21-7-4-8-22-42)33-9-5-6-10-34(33)43/h5-6,9-20,23,25-26H,4,7-8,21-22,24H2,1-3H3,(H,40,44)(H2,39,41,45). The van der Waals surface area contributed by atoms with E-state index < -0.39 is 0 Å². The highest BCUT2D eigenvalue weighted by Gasteiger charge is 2.16. The second-order valence-corrected chi connectivity index (χ2v) is 12.1. The monoisotopic (exact) mass is 631 g/mol. The predicted molar refractivity (Wildman–Crippen MR) is 187 cm³/mol. The maximum absolute atomic E-state index is 13.2. The van der Waals surface area contributed by atoms with Gasteiger partial charge in [-0.2, -0.15) is 0 Å². The van der Waals surface area contributed by atoms with E-state index in [4.69, 9.17) is 9.47 Å². The summed E-state index contributed by atoms with van der Waals surface area (Å²) < 4.78 is 13.8. The Morgan fingerprint density at radius 2 is 1.53 bits per heavy atom. The van der Waals surface area contributed by atoms with Crippen molar-refractivity contribution in [3.05, 3.63) is 108 Å². The highest BCUT2D eigenvalue weighted by atomic mass is 16.5. The summed E-state index contributed by atoms with van der Waals surface area (Å²) in [7, 11) is 1.55. The Morgan fingerprint density at radius 3 is 2.26 bits per heavy atom. The van der Waals surface area contributed by atoms with Crippen LogP contribution in [0.3, 0.4) is 0 Å². The lowest BCUT2D eigenvalue weighted by Crippen LogP contribution is -2.34. The highest BCUT2D eigenvalue weighted by molar-refractivity contribution is 6.04. The Labute approximate surface area is 275 Å². The van der Waals surface area contributed by atoms with Gasteiger partial charge in [-0.25, -0.2) is 4.79 Å². The van der Waals surface area contributed by atoms with Crippen molar-refractivity contribution in [2.75, 3.05) is 30.8 Å². The number of nitrogens with one attached hydrogen (secondary N) is 3. The van der Waals surface area contributed by atoms with Crippen molar-refractivity contribution in [1.29, 1.82) is 0 Å². The van der Waals surface area contributed by atoms with E-state index in [1.54, 1.807) is 49.6 Å². The number of nitrogens with zero attached hydrogens (tertiary/aromatic N) is 2. The van der Waals surface area contributed by atoms with Crippen molar-refractivity contribution in [2.24, 2.45) is 0 Å². The third kappa shape index (κ3) is 7.76. The second-order valence-electron chi connectivity index (χ2n) is 12.1. The molecule has 0 unspecified atom stereocenters. The van der Waals surface area contributed by atoms with Crippen LogP contribution >= 0.6 is 0 Å². The molecule has 1 aliphatic rings. The molecule has 9 nitrogen and oxygen atoms in total. The summed E-state index contributed by atoms with van der Waals surface area (Å²) in [6, 6.07) is 28.2. The first-order valence-electron chi connectivity index (χ1n) is 16.1. The molecule has 3 amide bonds. The summed E-state index contributed by atoms with van der Waals surface area (Å²) in [5.74, 6) is 1.31. The predicted octanol–water partition coefficient (Wildman–Crippen LogP) is 8.20. The van der Waals surface area contributed by atoms with Gasteiger partial charge in [0.2, 0.25) is 0 Å². The lowest BCUT2D eigenvalue weighted by Gasteiger charge is -2.26. The molecule has 0 radical (unpaired) electrons. The van der Waals surface area contributed by atoms with E-state index in [1.165, 1.54) is 30.2 Å². The molecule has 242 valence electrons. The molecule has 0 spiro atoms. The van der Waals surface area contributed by atoms with Gasteiger partial charge in [0.05, 0.1) is 12.6 Å². The molecule has 0 bridgehead atoms. The fourth-order valence-corrected chi connectivity index (χ4v) is 5.92. The molecule has 2 heterocycles. The van der Waals surface area contributed by atoms with Crippen LogP contribution in [0.5, 0.6) is 17.2 Å². The number of para-hydroxylation sites is 1. The summed E-state index contributed by atoms with van der Waals surface area (Å²) >= 11 is 0. The topological polar surface area (TPSA) is 96.9 Å². The maximum atomic E-state index is 13.2. The van der Waals surface area contributed by atoms with E-state index >= 15 is 0 Å². The molecule has 0 saturated carbocycles. The third-order valence-corrected chi connectivity index (χ3v) is 8.23. The van der Waals surface area contributed by atoms with Crippen molar-refractivity contribution >= 4 is 34.2 Å². The van der Waals surface area contributed by atoms with Crippen molar-refractivity contribution < 1.29 is 19.1 Å². The molecule has 47 heavy (non-hydrogen) atoms. The number of hydrogen-bond donors (Lipinski definition) is 3. The number of piperidine rings is 1. The van der Waals surface area contributed by atoms with Crippen molar-refractivity contribution in [3.63, 3.8) is 0 Å². The number of methoxy groups -OCH3 is 1. The summed E-state index contributed by atoms with van der Waals surface area (Å²) in [5, 5.41) is 9.81. The van der Waals surface area contributed by atoms with Crippen molar-refractivity contribution in [3.8, 4) is 22.9 Å². The van der Waals surface area contributed by atoms with E-state index in [-0.39, 0.29) is 18.0 Å². The van der Waals surface area contributed by atoms with Crippen molar-refractivity contribution in [2.45, 2.75) is 45.7 Å². The highest BCUT2D eigenvalue weighted by Crippen LogP contribution is 2.34. The summed E-state index contributed by atoms with van der Waals surface area (Å²) in [4.78, 5) is 27.7. The zero-order valence-electron chi connectivity index (χ0n) is 27.1. The lowest BCUT2D eigenvalue weighted by atomic mass is 10.1. The van der Waals surface area contributed by atoms with Crippen molar-refractivity contribution in [1.82, 2.24) is 14.8 Å². The molecule has 9 heteroatoms. The van der Waals surface area contributed by atoms with Crippen LogP contribution in [0.1, 0.15) is 49.0 Å². The number of fused-ring (bicyclic) bond motifs is 1. The number of carbonyl (C=O) groups excluding carboxylic acids is 2. The van der Waals surface area contributed by atoms with Gasteiger partial charge in [-0.1, -0.05) is 24.6 Å². The fraction of sp³-hybridized carbons (Fsp3) is 0.263. The normalized spacial score (nSPS) is 13.4. The van der Waals surface area contributed by atoms with Gasteiger partial charge in [-0.15, -0.1) is 0 Å². The maximum Gasteiger partial charge on any atom is 0.319 e. The first-order chi connectivity index (χ1) is 22.9. The molecule has 3 N–H and O–H groups in total. The Morgan fingerprint density at radius 1 is 0.809 bits per heavy atom. The Hall–Kier alpha value is -5.28. The SMILES string of the molecule is COc1cc(NC(=O)c2ccc(-n3cc(CN4CCCCC4)c4ccccc43)cc2)ccc1Oc1ccc(NC(=O)NC(C)C)cc1. The smallest absolute Gasteiger partial charge is 0.319 e. The summed E-state index contributed by atoms with van der Waals surface area (Å²) in [6.45, 7) is 7.05. The third-order valence-electron chi connectivity index (χ3n) is 8.23. The molecule has 0 atom stereocenters. The molecule has 0 aliphatic carbocycles. The number of aromatic nitrogens is 1. The average Bonchev–Trinajstić information content (AvgIpc) is 3.44. The Bertz CT molecular complexity index is 1840. The van der Waals surface area contributed by atoms with Gasteiger partial charge < -0.3 is 30.0 Å². The second kappa shape index (κ2) is 14.4. The van der Waals surface area contributed by atoms with Crippen LogP contribution in [0.4, 0.5) is 16.2 Å². The van der Waals surface area contributed by atoms with Crippen LogP contribution in [0.15, 0.2) is 97.2 Å². The first kappa shape index (κ1) is 31.7. The molecular formula is C38H41N5O4. The van der Waals surface area contributed by atoms with Crippen LogP contribution in [-0.4, -0.2) is 47.6 Å². The van der Waals surface area contributed by atoms with Gasteiger partial charge in [-0.05, 0) is 112 Å². The molecule has 5 aromatic rings. The number of amides is 3. The number of ether oxygens (including phenoxy) is 2. The lowest BCUT2D eigenvalue weighted by molar-refractivity contribution is 0.102. The van der Waals surface area contributed by atoms with Gasteiger partial charge in [0, 0.05) is 52.9 Å². The zero-order chi connectivity index (χ0) is 32.8. The quantitative estimate of drug-likeness (QED) is 0.144. The molecule has 1 aromatic heterocycles. The molecule has 6 rings (SSSR count). The average molecular weight is 632 g/mol. The Balaban J connectivity index is 1.11. The summed E-state index contributed by atoms with van der Waals surface area (Å²) in [6.07, 6.45) is 6.09. The van der Waals surface area contributed by atoms with Gasteiger partial charge in [-0.3, -0.25) is 9.69 Å². The van der Waals surface area contributed by atoms with E-state index in [0.29, 0.717) is 34.2 Å². The number of benzene rings is 4. The van der Waals surface area contributed by atoms with Gasteiger partial charge in [0.1, 0.15) is 5.75 Å². The van der Waals surface area contributed by atoms with E-state index in [2.05, 4.69) is 55.9 Å². The van der Waals surface area contributed by atoms with E-state index in [1.807, 2.05) is 38.1 Å². The van der Waals surface area contributed by atoms with Crippen LogP contribution in [0, 0.1) is 0 Å². The first-order valence-corrected chi connectivity index (χ1v) is 16.1. The van der Waals surface area contributed by atoms with Gasteiger partial charge in [0.25, 0.3) is 5.91 Å². The molecule has 1 aliphatic heterocycles. The molecular weight excluding hydrogens is 590 g/mol. The Kier molecular flexibility index (Phi) is 9.73. The van der Waals surface area contributed by atoms with E-state index in [9.17, 15) is 9.59 Å².